The Hall–Kier alpha value is -3.06. The summed E-state index contributed by atoms with van der Waals surface area (Å²) in [7, 11) is 0. The maximum absolute atomic E-state index is 13.1. The van der Waals surface area contributed by atoms with E-state index in [1.807, 2.05) is 0 Å². The van der Waals surface area contributed by atoms with E-state index in [2.05, 4.69) is 0 Å². The molecule has 0 saturated carbocycles. The second-order valence-electron chi connectivity index (χ2n) is 8.69. The Bertz CT molecular complexity index is 1150. The molecular weight excluding hydrogens is 434 g/mol. The molecule has 166 valence electrons. The summed E-state index contributed by atoms with van der Waals surface area (Å²) in [6.45, 7) is 2.59. The number of fused-ring (bicyclic) bond motifs is 3. The van der Waals surface area contributed by atoms with Gasteiger partial charge in [-0.15, -0.1) is 0 Å². The van der Waals surface area contributed by atoms with Crippen molar-refractivity contribution >= 4 is 29.3 Å². The van der Waals surface area contributed by atoms with Crippen molar-refractivity contribution in [2.24, 2.45) is 0 Å². The van der Waals surface area contributed by atoms with Gasteiger partial charge in [0.2, 0.25) is 5.91 Å². The second-order valence-corrected chi connectivity index (χ2v) is 9.09. The predicted octanol–water partition coefficient (Wildman–Crippen LogP) is 3.83. The Labute approximate surface area is 189 Å². The number of Topliss-reactive ketones (excluding diaryl/α,β-unsaturated/α-hetero) is 1. The molecule has 5 rings (SSSR count). The minimum Gasteiger partial charge on any atom is -0.506 e. The zero-order valence-corrected chi connectivity index (χ0v) is 18.3. The maximum Gasteiger partial charge on any atom is 0.312 e. The molecule has 0 aliphatic carbocycles. The quantitative estimate of drug-likeness (QED) is 0.519. The Morgan fingerprint density at radius 2 is 1.94 bits per heavy atom. The van der Waals surface area contributed by atoms with E-state index < -0.39 is 17.5 Å². The van der Waals surface area contributed by atoms with Gasteiger partial charge in [0, 0.05) is 44.3 Å². The van der Waals surface area contributed by atoms with Crippen molar-refractivity contribution in [2.75, 3.05) is 13.1 Å². The van der Waals surface area contributed by atoms with E-state index in [0.29, 0.717) is 48.6 Å². The van der Waals surface area contributed by atoms with E-state index in [9.17, 15) is 19.5 Å². The van der Waals surface area contributed by atoms with Crippen LogP contribution in [-0.4, -0.2) is 46.4 Å². The van der Waals surface area contributed by atoms with Gasteiger partial charge in [0.25, 0.3) is 0 Å². The summed E-state index contributed by atoms with van der Waals surface area (Å²) < 4.78 is 12.1. The Morgan fingerprint density at radius 1 is 1.19 bits per heavy atom. The van der Waals surface area contributed by atoms with E-state index in [1.54, 1.807) is 29.2 Å². The first kappa shape index (κ1) is 20.8. The molecule has 1 N–H and O–H groups in total. The highest BCUT2D eigenvalue weighted by Gasteiger charge is 2.46. The van der Waals surface area contributed by atoms with Gasteiger partial charge < -0.3 is 19.5 Å². The summed E-state index contributed by atoms with van der Waals surface area (Å²) in [5.41, 5.74) is 1.15. The number of piperidine rings is 1. The molecule has 2 aromatic rings. The van der Waals surface area contributed by atoms with E-state index in [4.69, 9.17) is 21.1 Å². The smallest absolute Gasteiger partial charge is 0.312 e. The van der Waals surface area contributed by atoms with Crippen LogP contribution in [0.3, 0.4) is 0 Å². The minimum atomic E-state index is -0.691. The van der Waals surface area contributed by atoms with Crippen LogP contribution in [0.25, 0.3) is 0 Å². The molecule has 3 aliphatic heterocycles. The Morgan fingerprint density at radius 3 is 2.62 bits per heavy atom. The number of halogens is 1. The van der Waals surface area contributed by atoms with Gasteiger partial charge in [0.15, 0.2) is 5.78 Å². The Balaban J connectivity index is 1.59. The van der Waals surface area contributed by atoms with Gasteiger partial charge in [-0.3, -0.25) is 14.4 Å². The van der Waals surface area contributed by atoms with Crippen molar-refractivity contribution in [3.05, 3.63) is 52.0 Å². The van der Waals surface area contributed by atoms with Crippen LogP contribution in [0.5, 0.6) is 17.2 Å². The van der Waals surface area contributed by atoms with Crippen LogP contribution in [0.15, 0.2) is 30.3 Å². The van der Waals surface area contributed by atoms with E-state index in [-0.39, 0.29) is 35.3 Å². The van der Waals surface area contributed by atoms with Crippen molar-refractivity contribution < 1.29 is 29.0 Å². The number of aromatic hydroxyl groups is 1. The van der Waals surface area contributed by atoms with Crippen molar-refractivity contribution in [3.8, 4) is 17.2 Å². The SMILES string of the molecule is CC(=O)N1CCC2(CC1)CC(=O)c1ccc3c(c1O2)C(c1ccc(O)c(Cl)c1)CC(=O)O3. The van der Waals surface area contributed by atoms with Crippen molar-refractivity contribution in [2.45, 2.75) is 44.1 Å². The number of carbonyl (C=O) groups excluding carboxylic acids is 3. The highest BCUT2D eigenvalue weighted by molar-refractivity contribution is 6.32. The van der Waals surface area contributed by atoms with Crippen LogP contribution in [0, 0.1) is 0 Å². The fourth-order valence-corrected chi connectivity index (χ4v) is 5.12. The van der Waals surface area contributed by atoms with Gasteiger partial charge in [0.05, 0.1) is 23.4 Å². The van der Waals surface area contributed by atoms with Gasteiger partial charge >= 0.3 is 5.97 Å². The molecule has 0 radical (unpaired) electrons. The standard InChI is InChI=1S/C24H22ClNO6/c1-13(27)26-8-6-24(7-9-26)12-19(29)15-3-5-20-22(23(15)32-24)16(11-21(30)31-20)14-2-4-18(28)17(25)10-14/h2-5,10,16,28H,6-9,11-12H2,1H3. The number of ketones is 1. The van der Waals surface area contributed by atoms with Crippen LogP contribution in [0.2, 0.25) is 5.02 Å². The average molecular weight is 456 g/mol. The lowest BCUT2D eigenvalue weighted by Gasteiger charge is -2.45. The first-order valence-electron chi connectivity index (χ1n) is 10.6. The zero-order valence-electron chi connectivity index (χ0n) is 17.5. The predicted molar refractivity (Wildman–Crippen MR) is 115 cm³/mol. The Kier molecular flexibility index (Phi) is 4.89. The number of likely N-dealkylation sites (tertiary alicyclic amines) is 1. The molecule has 1 amide bonds. The molecule has 1 saturated heterocycles. The number of hydrogen-bond acceptors (Lipinski definition) is 6. The third kappa shape index (κ3) is 3.41. The lowest BCUT2D eigenvalue weighted by Crippen LogP contribution is -2.52. The van der Waals surface area contributed by atoms with Gasteiger partial charge in [0.1, 0.15) is 22.8 Å². The molecule has 1 atom stereocenters. The summed E-state index contributed by atoms with van der Waals surface area (Å²) in [4.78, 5) is 39.0. The molecule has 0 bridgehead atoms. The number of amides is 1. The lowest BCUT2D eigenvalue weighted by atomic mass is 9.79. The number of nitrogens with zero attached hydrogens (tertiary/aromatic N) is 1. The number of phenolic OH excluding ortho intramolecular Hbond substituents is 1. The fraction of sp³-hybridized carbons (Fsp3) is 0.375. The molecule has 1 spiro atoms. The van der Waals surface area contributed by atoms with E-state index >= 15 is 0 Å². The third-order valence-electron chi connectivity index (χ3n) is 6.69. The molecule has 32 heavy (non-hydrogen) atoms. The normalized spacial score (nSPS) is 21.4. The van der Waals surface area contributed by atoms with Crippen molar-refractivity contribution in [3.63, 3.8) is 0 Å². The largest absolute Gasteiger partial charge is 0.506 e. The van der Waals surface area contributed by atoms with Crippen LogP contribution in [-0.2, 0) is 9.59 Å². The van der Waals surface area contributed by atoms with Crippen LogP contribution < -0.4 is 9.47 Å². The number of hydrogen-bond donors (Lipinski definition) is 1. The van der Waals surface area contributed by atoms with Crippen molar-refractivity contribution in [1.82, 2.24) is 4.90 Å². The lowest BCUT2D eigenvalue weighted by molar-refractivity contribution is -0.135. The number of phenols is 1. The van der Waals surface area contributed by atoms with Gasteiger partial charge in [-0.1, -0.05) is 17.7 Å². The number of ether oxygens (including phenoxy) is 2. The number of benzene rings is 2. The van der Waals surface area contributed by atoms with Gasteiger partial charge in [-0.25, -0.2) is 0 Å². The third-order valence-corrected chi connectivity index (χ3v) is 7.00. The minimum absolute atomic E-state index is 0.0101. The summed E-state index contributed by atoms with van der Waals surface area (Å²) in [6, 6.07) is 8.09. The summed E-state index contributed by atoms with van der Waals surface area (Å²) in [5.74, 6) is -0.0813. The van der Waals surface area contributed by atoms with Gasteiger partial charge in [-0.05, 0) is 29.8 Å². The number of esters is 1. The van der Waals surface area contributed by atoms with E-state index in [1.165, 1.54) is 13.0 Å². The fourth-order valence-electron chi connectivity index (χ4n) is 4.94. The molecule has 1 unspecified atom stereocenters. The maximum atomic E-state index is 13.1. The monoisotopic (exact) mass is 455 g/mol. The molecular formula is C24H22ClNO6. The summed E-state index contributed by atoms with van der Waals surface area (Å²) in [6.07, 6.45) is 1.42. The highest BCUT2D eigenvalue weighted by atomic mass is 35.5. The van der Waals surface area contributed by atoms with Crippen molar-refractivity contribution in [1.29, 1.82) is 0 Å². The molecule has 2 aromatic carbocycles. The van der Waals surface area contributed by atoms with Crippen LogP contribution in [0.4, 0.5) is 0 Å². The number of carbonyl (C=O) groups is 3. The first-order valence-corrected chi connectivity index (χ1v) is 11.0. The summed E-state index contributed by atoms with van der Waals surface area (Å²) in [5, 5.41) is 10.0. The second kappa shape index (κ2) is 7.52. The molecule has 1 fully saturated rings. The average Bonchev–Trinajstić information content (AvgIpc) is 2.75. The van der Waals surface area contributed by atoms with Crippen LogP contribution in [0.1, 0.15) is 60.0 Å². The zero-order chi connectivity index (χ0) is 22.6. The molecule has 0 aromatic heterocycles. The molecule has 8 heteroatoms. The van der Waals surface area contributed by atoms with Gasteiger partial charge in [-0.2, -0.15) is 0 Å². The first-order chi connectivity index (χ1) is 15.3. The molecule has 7 nitrogen and oxygen atoms in total. The topological polar surface area (TPSA) is 93.1 Å². The molecule has 3 aliphatic rings. The summed E-state index contributed by atoms with van der Waals surface area (Å²) >= 11 is 6.14. The van der Waals surface area contributed by atoms with E-state index in [0.717, 1.165) is 5.56 Å². The molecule has 3 heterocycles. The number of rotatable bonds is 1. The highest BCUT2D eigenvalue weighted by Crippen LogP contribution is 2.50. The van der Waals surface area contributed by atoms with Crippen LogP contribution >= 0.6 is 11.6 Å².